The number of carbonyl (C=O) groups excluding carboxylic acids is 1. The first-order valence-corrected chi connectivity index (χ1v) is 8.27. The van der Waals surface area contributed by atoms with E-state index >= 15 is 0 Å². The molecule has 1 heterocycles. The van der Waals surface area contributed by atoms with Crippen molar-refractivity contribution in [3.8, 4) is 0 Å². The second-order valence-corrected chi connectivity index (χ2v) is 6.38. The first-order chi connectivity index (χ1) is 9.59. The Bertz CT molecular complexity index is 262. The monoisotopic (exact) mass is 283 g/mol. The maximum Gasteiger partial charge on any atom is 0.220 e. The average Bonchev–Trinajstić information content (AvgIpc) is 2.45. The molecule has 20 heavy (non-hydrogen) atoms. The molecule has 1 rings (SSSR count). The second-order valence-electron chi connectivity index (χ2n) is 6.38. The van der Waals surface area contributed by atoms with E-state index in [4.69, 9.17) is 0 Å². The van der Waals surface area contributed by atoms with E-state index in [-0.39, 0.29) is 5.91 Å². The van der Waals surface area contributed by atoms with Gasteiger partial charge in [-0.3, -0.25) is 4.79 Å². The lowest BCUT2D eigenvalue weighted by atomic mass is 9.94. The third-order valence-corrected chi connectivity index (χ3v) is 4.32. The van der Waals surface area contributed by atoms with Gasteiger partial charge in [0.1, 0.15) is 0 Å². The van der Waals surface area contributed by atoms with Crippen LogP contribution in [0.25, 0.3) is 0 Å². The summed E-state index contributed by atoms with van der Waals surface area (Å²) in [6, 6.07) is 0.605. The third-order valence-electron chi connectivity index (χ3n) is 4.32. The topological polar surface area (TPSA) is 44.4 Å². The fourth-order valence-electron chi connectivity index (χ4n) is 2.57. The number of hydrogen-bond donors (Lipinski definition) is 2. The minimum absolute atomic E-state index is 0.229. The number of nitrogens with one attached hydrogen (secondary N) is 2. The highest BCUT2D eigenvalue weighted by atomic mass is 16.1. The highest BCUT2D eigenvalue weighted by molar-refractivity contribution is 5.75. The van der Waals surface area contributed by atoms with Gasteiger partial charge in [0.05, 0.1) is 0 Å². The fraction of sp³-hybridized carbons (Fsp3) is 0.938. The molecule has 0 aliphatic carbocycles. The van der Waals surface area contributed by atoms with Crippen LogP contribution >= 0.6 is 0 Å². The van der Waals surface area contributed by atoms with E-state index in [1.807, 2.05) is 0 Å². The van der Waals surface area contributed by atoms with Crippen LogP contribution in [0.5, 0.6) is 0 Å². The molecule has 0 aromatic heterocycles. The summed E-state index contributed by atoms with van der Waals surface area (Å²) in [6.45, 7) is 8.60. The van der Waals surface area contributed by atoms with E-state index in [1.165, 1.54) is 12.8 Å². The van der Waals surface area contributed by atoms with Gasteiger partial charge in [0, 0.05) is 19.0 Å². The molecule has 0 saturated carbocycles. The van der Waals surface area contributed by atoms with Crippen LogP contribution in [-0.4, -0.2) is 50.1 Å². The Morgan fingerprint density at radius 1 is 1.40 bits per heavy atom. The third kappa shape index (κ3) is 7.85. The molecule has 1 atom stereocenters. The summed E-state index contributed by atoms with van der Waals surface area (Å²) in [6.07, 6.45) is 6.50. The van der Waals surface area contributed by atoms with Crippen LogP contribution in [0.3, 0.4) is 0 Å². The number of unbranched alkanes of at least 4 members (excludes halogenated alkanes) is 1. The Kier molecular flexibility index (Phi) is 8.86. The van der Waals surface area contributed by atoms with Gasteiger partial charge >= 0.3 is 0 Å². The molecule has 0 radical (unpaired) electrons. The molecule has 2 N–H and O–H groups in total. The summed E-state index contributed by atoms with van der Waals surface area (Å²) >= 11 is 0. The highest BCUT2D eigenvalue weighted by Crippen LogP contribution is 2.15. The first kappa shape index (κ1) is 17.4. The predicted molar refractivity (Wildman–Crippen MR) is 84.8 cm³/mol. The summed E-state index contributed by atoms with van der Waals surface area (Å²) < 4.78 is 0. The zero-order valence-corrected chi connectivity index (χ0v) is 13.6. The lowest BCUT2D eigenvalue weighted by Gasteiger charge is -2.22. The number of hydrogen-bond acceptors (Lipinski definition) is 3. The summed E-state index contributed by atoms with van der Waals surface area (Å²) in [5.41, 5.74) is 0. The maximum atomic E-state index is 11.7. The number of rotatable bonds is 9. The largest absolute Gasteiger partial charge is 0.356 e. The Morgan fingerprint density at radius 2 is 2.20 bits per heavy atom. The van der Waals surface area contributed by atoms with Crippen molar-refractivity contribution < 1.29 is 4.79 Å². The molecule has 4 heteroatoms. The summed E-state index contributed by atoms with van der Waals surface area (Å²) in [4.78, 5) is 14.1. The van der Waals surface area contributed by atoms with Gasteiger partial charge in [-0.15, -0.1) is 0 Å². The van der Waals surface area contributed by atoms with Crippen LogP contribution in [-0.2, 0) is 4.79 Å². The summed E-state index contributed by atoms with van der Waals surface area (Å²) in [7, 11) is 2.15. The van der Waals surface area contributed by atoms with Crippen molar-refractivity contribution in [2.24, 2.45) is 5.92 Å². The molecule has 1 fully saturated rings. The Hall–Kier alpha value is -0.610. The SMILES string of the molecule is CC(C)N(C)CCCCNC(=O)CCC1CCCNC1. The van der Waals surface area contributed by atoms with Gasteiger partial charge in [-0.2, -0.15) is 0 Å². The summed E-state index contributed by atoms with van der Waals surface area (Å²) in [5.74, 6) is 0.932. The van der Waals surface area contributed by atoms with Crippen molar-refractivity contribution >= 4 is 5.91 Å². The summed E-state index contributed by atoms with van der Waals surface area (Å²) in [5, 5.41) is 6.45. The quantitative estimate of drug-likeness (QED) is 0.636. The molecule has 1 saturated heterocycles. The van der Waals surface area contributed by atoms with E-state index in [0.29, 0.717) is 18.4 Å². The van der Waals surface area contributed by atoms with Crippen molar-refractivity contribution in [2.75, 3.05) is 33.2 Å². The molecule has 4 nitrogen and oxygen atoms in total. The predicted octanol–water partition coefficient (Wildman–Crippen LogP) is 2.00. The Morgan fingerprint density at radius 3 is 2.85 bits per heavy atom. The first-order valence-electron chi connectivity index (χ1n) is 8.27. The lowest BCUT2D eigenvalue weighted by Crippen LogP contribution is -2.31. The van der Waals surface area contributed by atoms with Gasteiger partial charge in [-0.05, 0) is 78.6 Å². The van der Waals surface area contributed by atoms with E-state index in [2.05, 4.69) is 36.4 Å². The van der Waals surface area contributed by atoms with Crippen molar-refractivity contribution in [3.63, 3.8) is 0 Å². The molecule has 0 spiro atoms. The molecule has 1 aliphatic rings. The molecule has 0 aromatic rings. The molecule has 118 valence electrons. The van der Waals surface area contributed by atoms with Gasteiger partial charge in [0.2, 0.25) is 5.91 Å². The van der Waals surface area contributed by atoms with Gasteiger partial charge in [0.15, 0.2) is 0 Å². The fourth-order valence-corrected chi connectivity index (χ4v) is 2.57. The molecule has 1 aliphatic heterocycles. The van der Waals surface area contributed by atoms with Crippen molar-refractivity contribution in [3.05, 3.63) is 0 Å². The molecular formula is C16H33N3O. The zero-order chi connectivity index (χ0) is 14.8. The molecule has 1 amide bonds. The minimum Gasteiger partial charge on any atom is -0.356 e. The number of piperidine rings is 1. The molecular weight excluding hydrogens is 250 g/mol. The van der Waals surface area contributed by atoms with Gasteiger partial charge in [-0.1, -0.05) is 0 Å². The van der Waals surface area contributed by atoms with Crippen LogP contribution in [0.4, 0.5) is 0 Å². The maximum absolute atomic E-state index is 11.7. The van der Waals surface area contributed by atoms with E-state index in [0.717, 1.165) is 45.4 Å². The van der Waals surface area contributed by atoms with Crippen LogP contribution in [0.15, 0.2) is 0 Å². The Balaban J connectivity index is 1.94. The zero-order valence-electron chi connectivity index (χ0n) is 13.6. The van der Waals surface area contributed by atoms with Crippen LogP contribution in [0.1, 0.15) is 52.4 Å². The lowest BCUT2D eigenvalue weighted by molar-refractivity contribution is -0.121. The number of carbonyl (C=O) groups is 1. The molecule has 0 aromatic carbocycles. The average molecular weight is 283 g/mol. The standard InChI is InChI=1S/C16H33N3O/c1-14(2)19(3)12-5-4-11-18-16(20)9-8-15-7-6-10-17-13-15/h14-15,17H,4-13H2,1-3H3,(H,18,20). The van der Waals surface area contributed by atoms with Crippen molar-refractivity contribution in [1.82, 2.24) is 15.5 Å². The highest BCUT2D eigenvalue weighted by Gasteiger charge is 2.14. The second kappa shape index (κ2) is 10.2. The van der Waals surface area contributed by atoms with Crippen molar-refractivity contribution in [2.45, 2.75) is 58.4 Å². The number of amides is 1. The molecule has 1 unspecified atom stereocenters. The van der Waals surface area contributed by atoms with Gasteiger partial charge < -0.3 is 15.5 Å². The van der Waals surface area contributed by atoms with E-state index in [1.54, 1.807) is 0 Å². The number of nitrogens with zero attached hydrogens (tertiary/aromatic N) is 1. The van der Waals surface area contributed by atoms with E-state index in [9.17, 15) is 4.79 Å². The van der Waals surface area contributed by atoms with E-state index < -0.39 is 0 Å². The Labute approximate surface area is 124 Å². The minimum atomic E-state index is 0.229. The molecule has 0 bridgehead atoms. The van der Waals surface area contributed by atoms with Crippen LogP contribution in [0.2, 0.25) is 0 Å². The van der Waals surface area contributed by atoms with Crippen LogP contribution in [0, 0.1) is 5.92 Å². The van der Waals surface area contributed by atoms with Gasteiger partial charge in [0.25, 0.3) is 0 Å². The van der Waals surface area contributed by atoms with Gasteiger partial charge in [-0.25, -0.2) is 0 Å². The smallest absolute Gasteiger partial charge is 0.220 e. The van der Waals surface area contributed by atoms with Crippen molar-refractivity contribution in [1.29, 1.82) is 0 Å². The normalized spacial score (nSPS) is 19.6. The van der Waals surface area contributed by atoms with Crippen LogP contribution < -0.4 is 10.6 Å².